The molecule has 1 aromatic carbocycles. The van der Waals surface area contributed by atoms with Gasteiger partial charge in [0, 0.05) is 43.5 Å². The van der Waals surface area contributed by atoms with Gasteiger partial charge in [0.1, 0.15) is 35.6 Å². The number of hydrogen-bond acceptors (Lipinski definition) is 14. The second-order valence-corrected chi connectivity index (χ2v) is 12.9. The predicted molar refractivity (Wildman–Crippen MR) is 164 cm³/mol. The zero-order chi connectivity index (χ0) is 34.8. The molecule has 19 heteroatoms. The van der Waals surface area contributed by atoms with Crippen molar-refractivity contribution in [3.8, 4) is 28.5 Å². The molecule has 262 valence electrons. The quantitative estimate of drug-likeness (QED) is 0.189. The Labute approximate surface area is 282 Å². The molecular weight excluding hydrogens is 673 g/mol. The van der Waals surface area contributed by atoms with Crippen molar-refractivity contribution in [2.45, 2.75) is 54.9 Å². The van der Waals surface area contributed by atoms with Crippen LogP contribution >= 0.6 is 11.8 Å². The summed E-state index contributed by atoms with van der Waals surface area (Å²) in [6.45, 7) is 3.40. The van der Waals surface area contributed by atoms with E-state index >= 15 is 0 Å². The molecule has 8 atom stereocenters. The van der Waals surface area contributed by atoms with Crippen molar-refractivity contribution in [2.24, 2.45) is 5.92 Å². The highest BCUT2D eigenvalue weighted by Crippen LogP contribution is 2.43. The number of thioether (sulfide) groups is 1. The van der Waals surface area contributed by atoms with Crippen LogP contribution in [-0.4, -0.2) is 114 Å². The summed E-state index contributed by atoms with van der Waals surface area (Å²) in [5, 5.41) is 27.8. The molecule has 8 unspecified atom stereocenters. The average Bonchev–Trinajstić information content (AvgIpc) is 3.79. The van der Waals surface area contributed by atoms with E-state index in [9.17, 15) is 23.1 Å². The summed E-state index contributed by atoms with van der Waals surface area (Å²) in [6, 6.07) is 0.688. The second kappa shape index (κ2) is 14.8. The first-order valence-electron chi connectivity index (χ1n) is 15.2. The van der Waals surface area contributed by atoms with Gasteiger partial charge in [-0.15, -0.1) is 22.0 Å². The lowest BCUT2D eigenvalue weighted by atomic mass is 9.89. The molecule has 5 heterocycles. The molecule has 0 saturated carbocycles. The number of carbonyl (C=O) groups excluding carboxylic acids is 1. The minimum absolute atomic E-state index is 0.0111. The monoisotopic (exact) mass is 706 g/mol. The van der Waals surface area contributed by atoms with Gasteiger partial charge >= 0.3 is 12.0 Å². The summed E-state index contributed by atoms with van der Waals surface area (Å²) in [6.07, 6.45) is 3.93. The summed E-state index contributed by atoms with van der Waals surface area (Å²) in [7, 11) is 2.96. The van der Waals surface area contributed by atoms with Crippen LogP contribution < -0.4 is 4.74 Å². The minimum Gasteiger partial charge on any atom is -0.467 e. The number of aliphatic hydroxyl groups is 1. The number of halogens is 3. The van der Waals surface area contributed by atoms with Gasteiger partial charge in [-0.05, 0) is 12.1 Å². The number of carbonyl (C=O) groups is 1. The van der Waals surface area contributed by atoms with Crippen molar-refractivity contribution >= 4 is 17.7 Å². The molecule has 0 bridgehead atoms. The number of aromatic nitrogens is 8. The lowest BCUT2D eigenvalue weighted by molar-refractivity contribution is -0.172. The van der Waals surface area contributed by atoms with Crippen LogP contribution in [0, 0.1) is 23.4 Å². The van der Waals surface area contributed by atoms with Gasteiger partial charge in [0.15, 0.2) is 17.5 Å². The normalized spacial score (nSPS) is 27.2. The Morgan fingerprint density at radius 2 is 1.67 bits per heavy atom. The molecule has 2 aliphatic rings. The Kier molecular flexibility index (Phi) is 10.4. The van der Waals surface area contributed by atoms with Crippen molar-refractivity contribution in [1.29, 1.82) is 0 Å². The molecule has 49 heavy (non-hydrogen) atoms. The number of nitrogens with zero attached hydrogens (tertiary/aromatic N) is 8. The first-order valence-corrected chi connectivity index (χ1v) is 16.1. The molecule has 6 rings (SSSR count). The van der Waals surface area contributed by atoms with E-state index in [2.05, 4.69) is 30.6 Å². The fourth-order valence-corrected chi connectivity index (χ4v) is 7.35. The lowest BCUT2D eigenvalue weighted by Gasteiger charge is -2.46. The van der Waals surface area contributed by atoms with Gasteiger partial charge in [0.05, 0.1) is 56.2 Å². The maximum atomic E-state index is 14.0. The number of aliphatic hydroxyl groups excluding tert-OH is 1. The van der Waals surface area contributed by atoms with Crippen LogP contribution in [0.25, 0.3) is 22.5 Å². The SMILES string of the molecule is COc1ncc(-c2cn(C3COCC(SC4OC(COC(C)=O)C(C)C(n5cc(-c6cc(F)c(F)c(F)c6)nn5)C4OC)C3O)nn2)cn1. The van der Waals surface area contributed by atoms with Gasteiger partial charge < -0.3 is 28.8 Å². The Morgan fingerprint density at radius 1 is 1.02 bits per heavy atom. The maximum absolute atomic E-state index is 14.0. The van der Waals surface area contributed by atoms with E-state index in [-0.39, 0.29) is 43.0 Å². The Bertz CT molecular complexity index is 1740. The first-order chi connectivity index (χ1) is 23.6. The molecule has 1 N–H and O–H groups in total. The highest BCUT2D eigenvalue weighted by Gasteiger charge is 2.49. The van der Waals surface area contributed by atoms with Crippen LogP contribution in [0.1, 0.15) is 25.9 Å². The molecule has 0 amide bonds. The Balaban J connectivity index is 1.24. The van der Waals surface area contributed by atoms with Crippen LogP contribution in [0.2, 0.25) is 0 Å². The van der Waals surface area contributed by atoms with Gasteiger partial charge in [-0.2, -0.15) is 0 Å². The third-order valence-corrected chi connectivity index (χ3v) is 9.88. The lowest BCUT2D eigenvalue weighted by Crippen LogP contribution is -2.54. The molecule has 2 aliphatic heterocycles. The van der Waals surface area contributed by atoms with Gasteiger partial charge in [-0.1, -0.05) is 17.4 Å². The topological polar surface area (TPSA) is 171 Å². The van der Waals surface area contributed by atoms with Crippen molar-refractivity contribution in [1.82, 2.24) is 40.0 Å². The molecular formula is C30H33F3N8O7S. The van der Waals surface area contributed by atoms with E-state index in [1.807, 2.05) is 6.92 Å². The van der Waals surface area contributed by atoms with Crippen molar-refractivity contribution in [3.63, 3.8) is 0 Å². The van der Waals surface area contributed by atoms with Gasteiger partial charge in [-0.25, -0.2) is 32.5 Å². The molecule has 2 saturated heterocycles. The van der Waals surface area contributed by atoms with Crippen molar-refractivity contribution in [3.05, 3.63) is 54.4 Å². The number of ether oxygens (including phenoxy) is 5. The molecule has 0 aliphatic carbocycles. The molecule has 0 radical (unpaired) electrons. The molecule has 0 spiro atoms. The van der Waals surface area contributed by atoms with Gasteiger partial charge in [0.25, 0.3) is 0 Å². The van der Waals surface area contributed by atoms with E-state index in [0.29, 0.717) is 11.3 Å². The zero-order valence-corrected chi connectivity index (χ0v) is 27.5. The Morgan fingerprint density at radius 3 is 2.33 bits per heavy atom. The van der Waals surface area contributed by atoms with Gasteiger partial charge in [0.2, 0.25) is 0 Å². The predicted octanol–water partition coefficient (Wildman–Crippen LogP) is 2.63. The van der Waals surface area contributed by atoms with E-state index in [1.54, 1.807) is 18.6 Å². The fraction of sp³-hybridized carbons (Fsp3) is 0.500. The van der Waals surface area contributed by atoms with Gasteiger partial charge in [-0.3, -0.25) is 4.79 Å². The van der Waals surface area contributed by atoms with E-state index < -0.39 is 64.5 Å². The van der Waals surface area contributed by atoms with Crippen LogP contribution in [-0.2, 0) is 23.7 Å². The van der Waals surface area contributed by atoms with Crippen molar-refractivity contribution < 1.29 is 46.8 Å². The largest absolute Gasteiger partial charge is 0.467 e. The number of hydrogen-bond donors (Lipinski definition) is 1. The highest BCUT2D eigenvalue weighted by molar-refractivity contribution is 8.00. The number of methoxy groups -OCH3 is 2. The van der Waals surface area contributed by atoms with Crippen LogP contribution in [0.15, 0.2) is 36.9 Å². The fourth-order valence-electron chi connectivity index (χ4n) is 5.85. The molecule has 4 aromatic rings. The smallest absolute Gasteiger partial charge is 0.316 e. The Hall–Kier alpha value is -4.17. The third kappa shape index (κ3) is 7.25. The van der Waals surface area contributed by atoms with E-state index in [0.717, 1.165) is 12.1 Å². The van der Waals surface area contributed by atoms with Crippen LogP contribution in [0.3, 0.4) is 0 Å². The second-order valence-electron chi connectivity index (χ2n) is 11.5. The van der Waals surface area contributed by atoms with Crippen LogP contribution in [0.5, 0.6) is 6.01 Å². The van der Waals surface area contributed by atoms with Crippen LogP contribution in [0.4, 0.5) is 13.2 Å². The van der Waals surface area contributed by atoms with Crippen molar-refractivity contribution in [2.75, 3.05) is 34.0 Å². The highest BCUT2D eigenvalue weighted by atomic mass is 32.2. The summed E-state index contributed by atoms with van der Waals surface area (Å²) in [5.74, 6) is -5.19. The summed E-state index contributed by atoms with van der Waals surface area (Å²) >= 11 is 1.27. The average molecular weight is 707 g/mol. The summed E-state index contributed by atoms with van der Waals surface area (Å²) in [4.78, 5) is 19.9. The number of esters is 1. The summed E-state index contributed by atoms with van der Waals surface area (Å²) < 4.78 is 73.3. The third-order valence-electron chi connectivity index (χ3n) is 8.47. The van der Waals surface area contributed by atoms with E-state index in [1.165, 1.54) is 48.5 Å². The number of rotatable bonds is 10. The number of benzene rings is 1. The molecule has 2 fully saturated rings. The summed E-state index contributed by atoms with van der Waals surface area (Å²) in [5.41, 5.74) is 0.433. The maximum Gasteiger partial charge on any atom is 0.316 e. The molecule has 15 nitrogen and oxygen atoms in total. The van der Waals surface area contributed by atoms with E-state index in [4.69, 9.17) is 23.7 Å². The zero-order valence-electron chi connectivity index (χ0n) is 26.7. The first kappa shape index (κ1) is 34.7. The molecule has 3 aromatic heterocycles. The standard InChI is InChI=1S/C30H33F3N8O7S/c1-14-23(12-47-15(2)42)48-29(28(44-3)26(14)41-10-20(36-39-41)16-5-18(31)25(33)19(32)6-16)49-24-13-46-11-22(27(24)43)40-9-21(37-38-40)17-7-34-30(45-4)35-8-17/h5-10,14,22-24,26-29,43H,11-13H2,1-4H3. The minimum atomic E-state index is -1.59.